The summed E-state index contributed by atoms with van der Waals surface area (Å²) in [5.74, 6) is 1.00. The zero-order valence-corrected chi connectivity index (χ0v) is 24.7. The normalized spacial score (nSPS) is 54.0. The van der Waals surface area contributed by atoms with E-state index in [9.17, 15) is 19.8 Å². The zero-order chi connectivity index (χ0) is 27.7. The molecule has 6 rings (SSSR count). The van der Waals surface area contributed by atoms with Gasteiger partial charge in [0.1, 0.15) is 17.3 Å². The Kier molecular flexibility index (Phi) is 5.54. The van der Waals surface area contributed by atoms with E-state index < -0.39 is 23.2 Å². The van der Waals surface area contributed by atoms with E-state index in [2.05, 4.69) is 34.6 Å². The third-order valence-corrected chi connectivity index (χ3v) is 14.6. The van der Waals surface area contributed by atoms with E-state index in [1.165, 1.54) is 6.92 Å². The second kappa shape index (κ2) is 7.78. The summed E-state index contributed by atoms with van der Waals surface area (Å²) in [6.07, 6.45) is 9.67. The van der Waals surface area contributed by atoms with Crippen LogP contribution in [-0.4, -0.2) is 46.1 Å². The Balaban J connectivity index is 1.39. The van der Waals surface area contributed by atoms with Gasteiger partial charge >= 0.3 is 11.9 Å². The van der Waals surface area contributed by atoms with Crippen molar-refractivity contribution in [1.29, 1.82) is 0 Å². The maximum absolute atomic E-state index is 13.5. The quantitative estimate of drug-likeness (QED) is 0.473. The van der Waals surface area contributed by atoms with Gasteiger partial charge in [0.2, 0.25) is 0 Å². The van der Waals surface area contributed by atoms with E-state index in [1.807, 2.05) is 0 Å². The molecule has 1 heterocycles. The number of carbonyl (C=O) groups excluding carboxylic acids is 2. The minimum Gasteiger partial charge on any atom is -0.462 e. The topological polar surface area (TPSA) is 93.1 Å². The van der Waals surface area contributed by atoms with Crippen molar-refractivity contribution in [2.75, 3.05) is 6.61 Å². The molecular formula is C32H50O6. The van der Waals surface area contributed by atoms with Gasteiger partial charge in [-0.25, -0.2) is 0 Å². The molecule has 0 radical (unpaired) electrons. The second-order valence-electron chi connectivity index (χ2n) is 16.0. The highest BCUT2D eigenvalue weighted by atomic mass is 16.6. The van der Waals surface area contributed by atoms with E-state index in [1.54, 1.807) is 6.92 Å². The molecule has 6 nitrogen and oxygen atoms in total. The van der Waals surface area contributed by atoms with Crippen LogP contribution in [0.5, 0.6) is 0 Å². The van der Waals surface area contributed by atoms with Crippen molar-refractivity contribution in [3.8, 4) is 0 Å². The summed E-state index contributed by atoms with van der Waals surface area (Å²) in [7, 11) is 0. The zero-order valence-electron chi connectivity index (χ0n) is 24.7. The molecule has 1 saturated heterocycles. The van der Waals surface area contributed by atoms with Gasteiger partial charge in [-0.15, -0.1) is 0 Å². The maximum atomic E-state index is 13.5. The molecule has 214 valence electrons. The van der Waals surface area contributed by atoms with Crippen LogP contribution in [0.4, 0.5) is 0 Å². The van der Waals surface area contributed by atoms with Crippen molar-refractivity contribution in [3.05, 3.63) is 0 Å². The summed E-state index contributed by atoms with van der Waals surface area (Å²) in [5, 5.41) is 21.8. The van der Waals surface area contributed by atoms with Gasteiger partial charge in [0, 0.05) is 18.3 Å². The fourth-order valence-corrected chi connectivity index (χ4v) is 12.6. The van der Waals surface area contributed by atoms with Gasteiger partial charge in [0.15, 0.2) is 0 Å². The van der Waals surface area contributed by atoms with E-state index >= 15 is 0 Å². The molecular weight excluding hydrogens is 480 g/mol. The van der Waals surface area contributed by atoms with Crippen molar-refractivity contribution >= 4 is 11.9 Å². The van der Waals surface area contributed by atoms with Gasteiger partial charge in [-0.3, -0.25) is 9.59 Å². The van der Waals surface area contributed by atoms with Crippen molar-refractivity contribution < 1.29 is 29.3 Å². The van der Waals surface area contributed by atoms with Crippen LogP contribution in [0.1, 0.15) is 113 Å². The highest BCUT2D eigenvalue weighted by Gasteiger charge is 2.81. The number of aliphatic hydroxyl groups is 2. The van der Waals surface area contributed by atoms with Gasteiger partial charge in [0.25, 0.3) is 0 Å². The van der Waals surface area contributed by atoms with Crippen LogP contribution in [0.2, 0.25) is 0 Å². The van der Waals surface area contributed by atoms with Gasteiger partial charge in [-0.2, -0.15) is 0 Å². The molecule has 6 heteroatoms. The number of aliphatic hydroxyl groups excluding tert-OH is 1. The lowest BCUT2D eigenvalue weighted by atomic mass is 9.32. The summed E-state index contributed by atoms with van der Waals surface area (Å²) >= 11 is 0. The lowest BCUT2D eigenvalue weighted by Crippen LogP contribution is -2.68. The van der Waals surface area contributed by atoms with Crippen LogP contribution in [0.15, 0.2) is 0 Å². The molecule has 11 atom stereocenters. The fraction of sp³-hybridized carbons (Fsp3) is 0.938. The summed E-state index contributed by atoms with van der Waals surface area (Å²) in [5.41, 5.74) is -2.68. The smallest absolute Gasteiger partial charge is 0.313 e. The van der Waals surface area contributed by atoms with Crippen LogP contribution in [0, 0.1) is 50.7 Å². The molecule has 0 aromatic rings. The van der Waals surface area contributed by atoms with Crippen LogP contribution in [0.3, 0.4) is 0 Å². The molecule has 6 fully saturated rings. The van der Waals surface area contributed by atoms with Gasteiger partial charge in [-0.1, -0.05) is 34.6 Å². The van der Waals surface area contributed by atoms with Crippen molar-refractivity contribution in [1.82, 2.24) is 0 Å². The number of fused-ring (bicyclic) bond motifs is 5. The lowest BCUT2D eigenvalue weighted by Gasteiger charge is -2.72. The molecule has 0 amide bonds. The van der Waals surface area contributed by atoms with Crippen LogP contribution in [-0.2, 0) is 19.1 Å². The van der Waals surface area contributed by atoms with Crippen molar-refractivity contribution in [2.24, 2.45) is 50.7 Å². The molecule has 0 aromatic heterocycles. The molecule has 11 unspecified atom stereocenters. The van der Waals surface area contributed by atoms with E-state index in [4.69, 9.17) is 9.47 Å². The summed E-state index contributed by atoms with van der Waals surface area (Å²) < 4.78 is 12.1. The first-order valence-electron chi connectivity index (χ1n) is 15.3. The maximum Gasteiger partial charge on any atom is 0.313 e. The van der Waals surface area contributed by atoms with Crippen molar-refractivity contribution in [2.45, 2.75) is 130 Å². The van der Waals surface area contributed by atoms with E-state index in [-0.39, 0.29) is 51.5 Å². The Hall–Kier alpha value is -1.14. The predicted octanol–water partition coefficient (Wildman–Crippen LogP) is 5.42. The summed E-state index contributed by atoms with van der Waals surface area (Å²) in [4.78, 5) is 25.4. The molecule has 0 aromatic carbocycles. The Labute approximate surface area is 228 Å². The number of esters is 2. The molecule has 5 aliphatic carbocycles. The molecule has 6 aliphatic rings. The predicted molar refractivity (Wildman–Crippen MR) is 143 cm³/mol. The molecule has 2 bridgehead atoms. The monoisotopic (exact) mass is 530 g/mol. The minimum atomic E-state index is -1.44. The first-order valence-corrected chi connectivity index (χ1v) is 15.3. The van der Waals surface area contributed by atoms with E-state index in [0.717, 1.165) is 57.8 Å². The molecule has 2 N–H and O–H groups in total. The molecule has 38 heavy (non-hydrogen) atoms. The van der Waals surface area contributed by atoms with Gasteiger partial charge in [0.05, 0.1) is 12.0 Å². The van der Waals surface area contributed by atoms with Crippen LogP contribution >= 0.6 is 0 Å². The third-order valence-electron chi connectivity index (χ3n) is 14.6. The second-order valence-corrected chi connectivity index (χ2v) is 16.0. The average molecular weight is 531 g/mol. The number of hydrogen-bond donors (Lipinski definition) is 2. The number of ether oxygens (including phenoxy) is 2. The average Bonchev–Trinajstić information content (AvgIpc) is 3.31. The summed E-state index contributed by atoms with van der Waals surface area (Å²) in [6, 6.07) is 0. The Morgan fingerprint density at radius 2 is 1.63 bits per heavy atom. The fourth-order valence-electron chi connectivity index (χ4n) is 12.6. The standard InChI is InChI=1S/C32H50O6/c1-19(34)37-23-11-12-27(4)21(26(23,2)3)10-13-29(6)22(27)9-8-20-24-31(15-14-28(20,29)5)16-17-32(24,38-25(31)35)30(7,36)18-33/h20-24,33,36H,8-18H2,1-7H3. The lowest BCUT2D eigenvalue weighted by molar-refractivity contribution is -0.257. The Morgan fingerprint density at radius 3 is 2.26 bits per heavy atom. The largest absolute Gasteiger partial charge is 0.462 e. The first kappa shape index (κ1) is 27.1. The van der Waals surface area contributed by atoms with Gasteiger partial charge < -0.3 is 19.7 Å². The Bertz CT molecular complexity index is 1050. The molecule has 5 saturated carbocycles. The van der Waals surface area contributed by atoms with E-state index in [0.29, 0.717) is 18.3 Å². The van der Waals surface area contributed by atoms with Crippen LogP contribution < -0.4 is 0 Å². The summed E-state index contributed by atoms with van der Waals surface area (Å²) in [6.45, 7) is 15.0. The highest BCUT2D eigenvalue weighted by Crippen LogP contribution is 2.80. The molecule has 1 aliphatic heterocycles. The number of rotatable bonds is 3. The van der Waals surface area contributed by atoms with Crippen LogP contribution in [0.25, 0.3) is 0 Å². The first-order chi connectivity index (χ1) is 17.6. The van der Waals surface area contributed by atoms with Crippen molar-refractivity contribution in [3.63, 3.8) is 0 Å². The highest BCUT2D eigenvalue weighted by molar-refractivity contribution is 5.82. The van der Waals surface area contributed by atoms with Gasteiger partial charge in [-0.05, 0) is 105 Å². The third kappa shape index (κ3) is 2.88. The molecule has 0 spiro atoms. The SMILES string of the molecule is CC(=O)OC1CCC2(C)C(CCC3(C)C2CCC2C4C5(CCC23C)CCC4(C(C)(O)CO)OC5=O)C1(C)C. The number of carbonyl (C=O) groups is 2. The minimum absolute atomic E-state index is 0.0262. The number of hydrogen-bond acceptors (Lipinski definition) is 6. The Morgan fingerprint density at radius 1 is 0.947 bits per heavy atom.